The zero-order valence-electron chi connectivity index (χ0n) is 7.50. The van der Waals surface area contributed by atoms with E-state index in [2.05, 4.69) is 29.0 Å². The van der Waals surface area contributed by atoms with Gasteiger partial charge >= 0.3 is 0 Å². The first-order chi connectivity index (χ1) is 6.18. The van der Waals surface area contributed by atoms with E-state index in [1.54, 1.807) is 0 Å². The average Bonchev–Trinajstić information content (AvgIpc) is 2.47. The van der Waals surface area contributed by atoms with Gasteiger partial charge in [-0.2, -0.15) is 5.10 Å². The number of hydrogen-bond donors (Lipinski definition) is 1. The molecule has 0 radical (unpaired) electrons. The molecule has 0 spiro atoms. The molecule has 0 saturated carbocycles. The van der Waals surface area contributed by atoms with Gasteiger partial charge in [-0.1, -0.05) is 25.4 Å². The molecule has 0 unspecified atom stereocenters. The highest BCUT2D eigenvalue weighted by molar-refractivity contribution is 6.34. The predicted molar refractivity (Wildman–Crippen MR) is 53.0 cm³/mol. The van der Waals surface area contributed by atoms with Gasteiger partial charge < -0.3 is 0 Å². The van der Waals surface area contributed by atoms with Crippen LogP contribution in [-0.2, 0) is 0 Å². The van der Waals surface area contributed by atoms with E-state index in [0.29, 0.717) is 16.7 Å². The Balaban J connectivity index is 2.66. The third-order valence-electron chi connectivity index (χ3n) is 2.05. The zero-order valence-corrected chi connectivity index (χ0v) is 8.26. The van der Waals surface area contributed by atoms with Gasteiger partial charge in [0, 0.05) is 6.20 Å². The molecule has 0 fully saturated rings. The van der Waals surface area contributed by atoms with Crippen molar-refractivity contribution in [1.82, 2.24) is 15.2 Å². The Morgan fingerprint density at radius 2 is 2.23 bits per heavy atom. The number of nitrogens with one attached hydrogen (secondary N) is 1. The van der Waals surface area contributed by atoms with E-state index in [4.69, 9.17) is 11.6 Å². The molecule has 0 aliphatic carbocycles. The summed E-state index contributed by atoms with van der Waals surface area (Å²) >= 11 is 5.89. The van der Waals surface area contributed by atoms with Gasteiger partial charge in [0.2, 0.25) is 0 Å². The SMILES string of the molecule is CC(C)c1cnc2n[nH]c(Cl)c2c1. The fraction of sp³-hybridized carbons (Fsp3) is 0.333. The number of aromatic nitrogens is 3. The lowest BCUT2D eigenvalue weighted by Gasteiger charge is -2.02. The molecule has 0 atom stereocenters. The molecular weight excluding hydrogens is 186 g/mol. The van der Waals surface area contributed by atoms with Crippen LogP contribution in [0.5, 0.6) is 0 Å². The first kappa shape index (κ1) is 8.51. The van der Waals surface area contributed by atoms with Crippen LogP contribution in [0.2, 0.25) is 5.15 Å². The van der Waals surface area contributed by atoms with Crippen molar-refractivity contribution in [3.05, 3.63) is 23.0 Å². The van der Waals surface area contributed by atoms with Crippen molar-refractivity contribution >= 4 is 22.6 Å². The molecule has 68 valence electrons. The molecule has 4 heteroatoms. The summed E-state index contributed by atoms with van der Waals surface area (Å²) in [5, 5.41) is 8.10. The van der Waals surface area contributed by atoms with Crippen LogP contribution in [0, 0.1) is 0 Å². The van der Waals surface area contributed by atoms with E-state index in [-0.39, 0.29) is 0 Å². The van der Waals surface area contributed by atoms with Gasteiger partial charge in [0.05, 0.1) is 5.39 Å². The fourth-order valence-corrected chi connectivity index (χ4v) is 1.38. The summed E-state index contributed by atoms with van der Waals surface area (Å²) < 4.78 is 0. The van der Waals surface area contributed by atoms with Gasteiger partial charge in [-0.15, -0.1) is 0 Å². The van der Waals surface area contributed by atoms with E-state index in [1.807, 2.05) is 12.3 Å². The topological polar surface area (TPSA) is 41.6 Å². The molecule has 2 aromatic rings. The molecule has 3 nitrogen and oxygen atoms in total. The summed E-state index contributed by atoms with van der Waals surface area (Å²) in [6, 6.07) is 2.03. The maximum absolute atomic E-state index is 5.89. The number of halogens is 1. The van der Waals surface area contributed by atoms with Crippen LogP contribution in [0.25, 0.3) is 11.0 Å². The normalized spacial score (nSPS) is 11.4. The third kappa shape index (κ3) is 1.40. The van der Waals surface area contributed by atoms with Crippen LogP contribution in [0.1, 0.15) is 25.3 Å². The Hall–Kier alpha value is -1.09. The summed E-state index contributed by atoms with van der Waals surface area (Å²) in [7, 11) is 0. The van der Waals surface area contributed by atoms with Gasteiger partial charge in [0.15, 0.2) is 5.65 Å². The van der Waals surface area contributed by atoms with Crippen LogP contribution in [0.4, 0.5) is 0 Å². The van der Waals surface area contributed by atoms with Crippen LogP contribution in [-0.4, -0.2) is 15.2 Å². The molecule has 13 heavy (non-hydrogen) atoms. The highest BCUT2D eigenvalue weighted by Crippen LogP contribution is 2.22. The summed E-state index contributed by atoms with van der Waals surface area (Å²) in [5.41, 5.74) is 1.85. The van der Waals surface area contributed by atoms with Crippen molar-refractivity contribution in [2.75, 3.05) is 0 Å². The fourth-order valence-electron chi connectivity index (χ4n) is 1.20. The Labute approximate surface area is 81.1 Å². The number of hydrogen-bond acceptors (Lipinski definition) is 2. The summed E-state index contributed by atoms with van der Waals surface area (Å²) in [5.74, 6) is 0.461. The zero-order chi connectivity index (χ0) is 9.42. The lowest BCUT2D eigenvalue weighted by atomic mass is 10.1. The van der Waals surface area contributed by atoms with Gasteiger partial charge in [-0.3, -0.25) is 5.10 Å². The van der Waals surface area contributed by atoms with Gasteiger partial charge in [-0.05, 0) is 17.5 Å². The van der Waals surface area contributed by atoms with E-state index in [9.17, 15) is 0 Å². The Bertz CT molecular complexity index is 433. The monoisotopic (exact) mass is 195 g/mol. The molecule has 2 aromatic heterocycles. The quantitative estimate of drug-likeness (QED) is 0.760. The lowest BCUT2D eigenvalue weighted by molar-refractivity contribution is 0.861. The Morgan fingerprint density at radius 1 is 1.46 bits per heavy atom. The number of rotatable bonds is 1. The maximum Gasteiger partial charge on any atom is 0.182 e. The van der Waals surface area contributed by atoms with Gasteiger partial charge in [0.1, 0.15) is 5.15 Å². The summed E-state index contributed by atoms with van der Waals surface area (Å²) in [6.45, 7) is 4.24. The van der Waals surface area contributed by atoms with E-state index in [0.717, 1.165) is 5.39 Å². The summed E-state index contributed by atoms with van der Waals surface area (Å²) in [4.78, 5) is 4.20. The number of fused-ring (bicyclic) bond motifs is 1. The van der Waals surface area contributed by atoms with Crippen molar-refractivity contribution in [2.24, 2.45) is 0 Å². The Morgan fingerprint density at radius 3 is 2.92 bits per heavy atom. The van der Waals surface area contributed by atoms with Crippen molar-refractivity contribution < 1.29 is 0 Å². The highest BCUT2D eigenvalue weighted by Gasteiger charge is 2.06. The van der Waals surface area contributed by atoms with Crippen LogP contribution < -0.4 is 0 Å². The minimum absolute atomic E-state index is 0.461. The second kappa shape index (κ2) is 3.00. The second-order valence-electron chi connectivity index (χ2n) is 3.33. The van der Waals surface area contributed by atoms with Crippen molar-refractivity contribution in [1.29, 1.82) is 0 Å². The van der Waals surface area contributed by atoms with E-state index < -0.39 is 0 Å². The Kier molecular flexibility index (Phi) is 1.96. The lowest BCUT2D eigenvalue weighted by Crippen LogP contribution is -1.88. The number of pyridine rings is 1. The maximum atomic E-state index is 5.89. The van der Waals surface area contributed by atoms with Crippen molar-refractivity contribution in [2.45, 2.75) is 19.8 Å². The van der Waals surface area contributed by atoms with Crippen LogP contribution >= 0.6 is 11.6 Å². The molecule has 0 amide bonds. The smallest absolute Gasteiger partial charge is 0.182 e. The average molecular weight is 196 g/mol. The molecule has 2 heterocycles. The van der Waals surface area contributed by atoms with Crippen LogP contribution in [0.15, 0.2) is 12.3 Å². The molecule has 0 aliphatic heterocycles. The minimum atomic E-state index is 0.461. The predicted octanol–water partition coefficient (Wildman–Crippen LogP) is 2.73. The largest absolute Gasteiger partial charge is 0.265 e. The number of aromatic amines is 1. The van der Waals surface area contributed by atoms with E-state index >= 15 is 0 Å². The van der Waals surface area contributed by atoms with E-state index in [1.165, 1.54) is 5.56 Å². The molecule has 0 aromatic carbocycles. The first-order valence-corrected chi connectivity index (χ1v) is 4.56. The molecule has 0 saturated heterocycles. The standard InChI is InChI=1S/C9H10ClN3/c1-5(2)6-3-7-8(10)12-13-9(7)11-4-6/h3-5H,1-2H3,(H,11,12,13). The molecule has 2 rings (SSSR count). The minimum Gasteiger partial charge on any atom is -0.265 e. The van der Waals surface area contributed by atoms with Crippen LogP contribution in [0.3, 0.4) is 0 Å². The molecule has 1 N–H and O–H groups in total. The summed E-state index contributed by atoms with van der Waals surface area (Å²) in [6.07, 6.45) is 1.84. The number of nitrogens with zero attached hydrogens (tertiary/aromatic N) is 2. The molecular formula is C9H10ClN3. The van der Waals surface area contributed by atoms with Gasteiger partial charge in [-0.25, -0.2) is 4.98 Å². The first-order valence-electron chi connectivity index (χ1n) is 4.18. The molecule has 0 aliphatic rings. The highest BCUT2D eigenvalue weighted by atomic mass is 35.5. The third-order valence-corrected chi connectivity index (χ3v) is 2.34. The van der Waals surface area contributed by atoms with Gasteiger partial charge in [0.25, 0.3) is 0 Å². The second-order valence-corrected chi connectivity index (χ2v) is 3.71. The van der Waals surface area contributed by atoms with Crippen molar-refractivity contribution in [3.63, 3.8) is 0 Å². The molecule has 0 bridgehead atoms. The van der Waals surface area contributed by atoms with Crippen molar-refractivity contribution in [3.8, 4) is 0 Å². The number of H-pyrrole nitrogens is 1.